The number of aliphatic hydroxyl groups is 1. The van der Waals surface area contributed by atoms with Crippen molar-refractivity contribution in [3.05, 3.63) is 47.2 Å². The van der Waals surface area contributed by atoms with Crippen molar-refractivity contribution in [2.24, 2.45) is 0 Å². The Morgan fingerprint density at radius 1 is 1.41 bits per heavy atom. The first-order valence-electron chi connectivity index (χ1n) is 4.51. The van der Waals surface area contributed by atoms with Crippen LogP contribution in [-0.4, -0.2) is 17.1 Å². The van der Waals surface area contributed by atoms with Gasteiger partial charge >= 0.3 is 6.18 Å². The Hall–Kier alpha value is -1.30. The van der Waals surface area contributed by atoms with E-state index in [0.717, 1.165) is 5.56 Å². The van der Waals surface area contributed by atoms with Gasteiger partial charge < -0.3 is 5.11 Å². The molecule has 1 N–H and O–H groups in total. The van der Waals surface area contributed by atoms with Gasteiger partial charge in [0.2, 0.25) is 5.76 Å². The van der Waals surface area contributed by atoms with Crippen LogP contribution in [0.25, 0.3) is 0 Å². The summed E-state index contributed by atoms with van der Waals surface area (Å²) in [5.74, 6) is -2.78. The minimum atomic E-state index is -4.90. The van der Waals surface area contributed by atoms with Crippen LogP contribution in [0.4, 0.5) is 13.2 Å². The Bertz CT molecular complexity index is 452. The number of rotatable bonds is 3. The monoisotopic (exact) mass is 308 g/mol. The lowest BCUT2D eigenvalue weighted by atomic mass is 10.1. The molecule has 0 aliphatic heterocycles. The first kappa shape index (κ1) is 13.8. The molecule has 6 heteroatoms. The molecule has 1 rings (SSSR count). The van der Waals surface area contributed by atoms with E-state index in [1.807, 2.05) is 0 Å². The number of halogens is 4. The van der Waals surface area contributed by atoms with E-state index in [1.54, 1.807) is 12.1 Å². The molecule has 0 aromatic heterocycles. The smallest absolute Gasteiger partial charge is 0.448 e. The first-order chi connectivity index (χ1) is 7.84. The summed E-state index contributed by atoms with van der Waals surface area (Å²) in [5.41, 5.74) is 0.855. The molecule has 0 radical (unpaired) electrons. The van der Waals surface area contributed by atoms with Crippen molar-refractivity contribution in [3.63, 3.8) is 0 Å². The van der Waals surface area contributed by atoms with Crippen LogP contribution in [0.1, 0.15) is 15.9 Å². The second-order valence-corrected chi connectivity index (χ2v) is 3.79. The third kappa shape index (κ3) is 3.89. The van der Waals surface area contributed by atoms with Gasteiger partial charge in [0, 0.05) is 17.0 Å². The maximum absolute atomic E-state index is 12.0. The molecule has 1 aromatic rings. The third-order valence-corrected chi connectivity index (χ3v) is 2.57. The molecule has 0 spiro atoms. The normalized spacial score (nSPS) is 12.6. The molecule has 0 unspecified atom stereocenters. The summed E-state index contributed by atoms with van der Waals surface area (Å²) in [7, 11) is 0. The van der Waals surface area contributed by atoms with Gasteiger partial charge in [-0.05, 0) is 11.6 Å². The van der Waals surface area contributed by atoms with E-state index >= 15 is 0 Å². The number of hydrogen-bond donors (Lipinski definition) is 1. The van der Waals surface area contributed by atoms with Crippen LogP contribution in [0.5, 0.6) is 0 Å². The summed E-state index contributed by atoms with van der Waals surface area (Å²) in [5, 5.41) is 9.14. The highest BCUT2D eigenvalue weighted by Crippen LogP contribution is 2.23. The molecule has 0 saturated carbocycles. The molecule has 0 saturated heterocycles. The molecule has 0 bridgehead atoms. The zero-order valence-corrected chi connectivity index (χ0v) is 10.0. The number of carbonyl (C=O) groups excluding carboxylic acids is 1. The van der Waals surface area contributed by atoms with Crippen LogP contribution >= 0.6 is 15.9 Å². The summed E-state index contributed by atoms with van der Waals surface area (Å²) < 4.78 is 36.0. The summed E-state index contributed by atoms with van der Waals surface area (Å²) >= 11 is 3.17. The van der Waals surface area contributed by atoms with Crippen LogP contribution in [-0.2, 0) is 5.33 Å². The molecule has 1 aromatic carbocycles. The number of ketones is 1. The number of alkyl halides is 4. The van der Waals surface area contributed by atoms with Crippen molar-refractivity contribution < 1.29 is 23.1 Å². The predicted octanol–water partition coefficient (Wildman–Crippen LogP) is 3.77. The van der Waals surface area contributed by atoms with Crippen molar-refractivity contribution >= 4 is 21.7 Å². The van der Waals surface area contributed by atoms with E-state index < -0.39 is 17.7 Å². The minimum Gasteiger partial charge on any atom is -0.504 e. The Morgan fingerprint density at radius 3 is 2.59 bits per heavy atom. The van der Waals surface area contributed by atoms with Gasteiger partial charge in [-0.25, -0.2) is 0 Å². The first-order valence-corrected chi connectivity index (χ1v) is 5.64. The second kappa shape index (κ2) is 5.35. The lowest BCUT2D eigenvalue weighted by Crippen LogP contribution is -2.13. The van der Waals surface area contributed by atoms with Gasteiger partial charge in [0.1, 0.15) is 0 Å². The van der Waals surface area contributed by atoms with Crippen LogP contribution in [0.2, 0.25) is 0 Å². The molecule has 0 fully saturated rings. The number of allylic oxidation sites excluding steroid dienone is 2. The molecular weight excluding hydrogens is 301 g/mol. The molecule has 0 heterocycles. The number of carbonyl (C=O) groups is 1. The van der Waals surface area contributed by atoms with Crippen LogP contribution < -0.4 is 0 Å². The summed E-state index contributed by atoms with van der Waals surface area (Å²) in [6.45, 7) is 0. The molecule has 92 valence electrons. The van der Waals surface area contributed by atoms with Crippen molar-refractivity contribution in [3.8, 4) is 0 Å². The molecule has 2 nitrogen and oxygen atoms in total. The molecule has 0 atom stereocenters. The van der Waals surface area contributed by atoms with Gasteiger partial charge in [-0.3, -0.25) is 4.79 Å². The largest absolute Gasteiger partial charge is 0.504 e. The van der Waals surface area contributed by atoms with E-state index in [1.165, 1.54) is 12.1 Å². The highest BCUT2D eigenvalue weighted by atomic mass is 79.9. The van der Waals surface area contributed by atoms with Crippen molar-refractivity contribution in [1.29, 1.82) is 0 Å². The Labute approximate surface area is 104 Å². The van der Waals surface area contributed by atoms with Gasteiger partial charge in [-0.15, -0.1) is 0 Å². The standard InChI is InChI=1S/C11H8BrF3O2/c12-6-7-2-1-3-8(4-7)9(16)5-10(17)11(13,14)15/h1-5,17H,6H2. The molecule has 0 amide bonds. The summed E-state index contributed by atoms with van der Waals surface area (Å²) in [4.78, 5) is 11.4. The maximum Gasteiger partial charge on any atom is 0.448 e. The van der Waals surface area contributed by atoms with Crippen molar-refractivity contribution in [2.45, 2.75) is 11.5 Å². The lowest BCUT2D eigenvalue weighted by molar-refractivity contribution is -0.120. The average molecular weight is 309 g/mol. The van der Waals surface area contributed by atoms with Crippen LogP contribution in [0, 0.1) is 0 Å². The van der Waals surface area contributed by atoms with Gasteiger partial charge in [0.05, 0.1) is 0 Å². The summed E-state index contributed by atoms with van der Waals surface area (Å²) in [6.07, 6.45) is -4.73. The van der Waals surface area contributed by atoms with Crippen LogP contribution in [0.15, 0.2) is 36.1 Å². The SMILES string of the molecule is O=C(C=C(O)C(F)(F)F)c1cccc(CBr)c1. The fourth-order valence-corrected chi connectivity index (χ4v) is 1.45. The zero-order valence-electron chi connectivity index (χ0n) is 8.46. The molecule has 0 aliphatic rings. The maximum atomic E-state index is 12.0. The van der Waals surface area contributed by atoms with Gasteiger partial charge in [-0.2, -0.15) is 13.2 Å². The Kier molecular flexibility index (Phi) is 4.34. The summed E-state index contributed by atoms with van der Waals surface area (Å²) in [6, 6.07) is 6.12. The van der Waals surface area contributed by atoms with Crippen molar-refractivity contribution in [2.75, 3.05) is 0 Å². The Balaban J connectivity index is 2.98. The highest BCUT2D eigenvalue weighted by molar-refractivity contribution is 9.08. The van der Waals surface area contributed by atoms with E-state index in [0.29, 0.717) is 5.33 Å². The second-order valence-electron chi connectivity index (χ2n) is 3.23. The third-order valence-electron chi connectivity index (χ3n) is 1.92. The molecule has 0 aliphatic carbocycles. The lowest BCUT2D eigenvalue weighted by Gasteiger charge is -2.04. The Morgan fingerprint density at radius 2 is 2.06 bits per heavy atom. The fourth-order valence-electron chi connectivity index (χ4n) is 1.10. The number of hydrogen-bond acceptors (Lipinski definition) is 2. The van der Waals surface area contributed by atoms with E-state index in [-0.39, 0.29) is 11.6 Å². The zero-order chi connectivity index (χ0) is 13.1. The van der Waals surface area contributed by atoms with Crippen molar-refractivity contribution in [1.82, 2.24) is 0 Å². The van der Waals surface area contributed by atoms with Gasteiger partial charge in [0.25, 0.3) is 0 Å². The average Bonchev–Trinajstić information content (AvgIpc) is 2.27. The van der Waals surface area contributed by atoms with E-state index in [2.05, 4.69) is 15.9 Å². The molecular formula is C11H8BrF3O2. The number of aliphatic hydroxyl groups excluding tert-OH is 1. The van der Waals surface area contributed by atoms with Gasteiger partial charge in [-0.1, -0.05) is 34.1 Å². The van der Waals surface area contributed by atoms with E-state index in [9.17, 15) is 18.0 Å². The van der Waals surface area contributed by atoms with Gasteiger partial charge in [0.15, 0.2) is 5.78 Å². The van der Waals surface area contributed by atoms with E-state index in [4.69, 9.17) is 5.11 Å². The molecule has 17 heavy (non-hydrogen) atoms. The number of benzene rings is 1. The fraction of sp³-hybridized carbons (Fsp3) is 0.182. The van der Waals surface area contributed by atoms with Crippen LogP contribution in [0.3, 0.4) is 0 Å². The predicted molar refractivity (Wildman–Crippen MR) is 60.2 cm³/mol. The minimum absolute atomic E-state index is 0.0951. The quantitative estimate of drug-likeness (QED) is 0.399. The highest BCUT2D eigenvalue weighted by Gasteiger charge is 2.34. The topological polar surface area (TPSA) is 37.3 Å².